The summed E-state index contributed by atoms with van der Waals surface area (Å²) in [6.07, 6.45) is 4.70. The van der Waals surface area contributed by atoms with E-state index >= 15 is 0 Å². The van der Waals surface area contributed by atoms with Gasteiger partial charge in [-0.15, -0.1) is 0 Å². The molecule has 2 rings (SSSR count). The van der Waals surface area contributed by atoms with Crippen LogP contribution in [-0.2, 0) is 6.54 Å². The van der Waals surface area contributed by atoms with Crippen LogP contribution in [0, 0.1) is 17.7 Å². The molecule has 0 spiro atoms. The van der Waals surface area contributed by atoms with Crippen LogP contribution in [0.25, 0.3) is 0 Å². The second-order valence-corrected chi connectivity index (χ2v) is 5.79. The van der Waals surface area contributed by atoms with Gasteiger partial charge in [0.05, 0.1) is 0 Å². The Morgan fingerprint density at radius 2 is 2.00 bits per heavy atom. The van der Waals surface area contributed by atoms with Gasteiger partial charge in [0.15, 0.2) is 0 Å². The van der Waals surface area contributed by atoms with Crippen molar-refractivity contribution in [2.75, 3.05) is 13.2 Å². The van der Waals surface area contributed by atoms with Crippen LogP contribution in [0.4, 0.5) is 4.39 Å². The van der Waals surface area contributed by atoms with E-state index in [0.717, 1.165) is 19.4 Å². The Bertz CT molecular complexity index is 413. The topological polar surface area (TPSA) is 32.3 Å². The molecule has 106 valence electrons. The summed E-state index contributed by atoms with van der Waals surface area (Å²) in [6, 6.07) is 4.62. The van der Waals surface area contributed by atoms with Gasteiger partial charge < -0.3 is 10.4 Å². The Morgan fingerprint density at radius 3 is 2.74 bits per heavy atom. The van der Waals surface area contributed by atoms with Crippen LogP contribution in [-0.4, -0.2) is 18.3 Å². The third-order valence-electron chi connectivity index (χ3n) is 4.03. The lowest BCUT2D eigenvalue weighted by Gasteiger charge is -2.30. The van der Waals surface area contributed by atoms with E-state index in [1.165, 1.54) is 18.9 Å². The Labute approximate surface area is 119 Å². The van der Waals surface area contributed by atoms with Crippen molar-refractivity contribution in [1.82, 2.24) is 5.32 Å². The largest absolute Gasteiger partial charge is 0.396 e. The predicted molar refractivity (Wildman–Crippen MR) is 75.7 cm³/mol. The van der Waals surface area contributed by atoms with Gasteiger partial charge >= 0.3 is 0 Å². The molecule has 2 nitrogen and oxygen atoms in total. The molecule has 19 heavy (non-hydrogen) atoms. The van der Waals surface area contributed by atoms with Crippen molar-refractivity contribution in [3.8, 4) is 0 Å². The van der Waals surface area contributed by atoms with Crippen molar-refractivity contribution in [3.63, 3.8) is 0 Å². The van der Waals surface area contributed by atoms with Crippen LogP contribution in [0.1, 0.15) is 31.2 Å². The smallest absolute Gasteiger partial charge is 0.127 e. The quantitative estimate of drug-likeness (QED) is 0.869. The molecule has 0 amide bonds. The molecular weight excluding hydrogens is 265 g/mol. The van der Waals surface area contributed by atoms with E-state index in [-0.39, 0.29) is 12.4 Å². The lowest BCUT2D eigenvalue weighted by atomic mass is 9.79. The van der Waals surface area contributed by atoms with E-state index in [1.54, 1.807) is 12.1 Å². The highest BCUT2D eigenvalue weighted by atomic mass is 35.5. The number of hydrogen-bond acceptors (Lipinski definition) is 2. The zero-order valence-electron chi connectivity index (χ0n) is 11.0. The standard InChI is InChI=1S/C15H21ClFNO/c16-14-5-6-15(17)13(7-14)9-18-8-11-3-1-2-4-12(11)10-19/h5-7,11-12,18-19H,1-4,8-10H2. The van der Waals surface area contributed by atoms with Crippen LogP contribution in [0.2, 0.25) is 5.02 Å². The first-order valence-electron chi connectivity index (χ1n) is 6.96. The second-order valence-electron chi connectivity index (χ2n) is 5.35. The average molecular weight is 286 g/mol. The van der Waals surface area contributed by atoms with Gasteiger partial charge in [0.2, 0.25) is 0 Å². The highest BCUT2D eigenvalue weighted by molar-refractivity contribution is 6.30. The number of benzene rings is 1. The van der Waals surface area contributed by atoms with Gasteiger partial charge in [-0.1, -0.05) is 24.4 Å². The SMILES string of the molecule is OCC1CCCCC1CNCc1cc(Cl)ccc1F. The zero-order chi connectivity index (χ0) is 13.7. The molecule has 1 aromatic rings. The minimum Gasteiger partial charge on any atom is -0.396 e. The van der Waals surface area contributed by atoms with Gasteiger partial charge in [-0.3, -0.25) is 0 Å². The Hall–Kier alpha value is -0.640. The Kier molecular flexibility index (Phi) is 5.61. The maximum atomic E-state index is 13.5. The van der Waals surface area contributed by atoms with E-state index in [9.17, 15) is 9.50 Å². The molecule has 1 aliphatic rings. The van der Waals surface area contributed by atoms with Gasteiger partial charge in [0.25, 0.3) is 0 Å². The fourth-order valence-corrected chi connectivity index (χ4v) is 3.06. The molecule has 2 N–H and O–H groups in total. The molecule has 2 unspecified atom stereocenters. The number of halogens is 2. The maximum absolute atomic E-state index is 13.5. The lowest BCUT2D eigenvalue weighted by molar-refractivity contribution is 0.133. The third kappa shape index (κ3) is 4.16. The van der Waals surface area contributed by atoms with Gasteiger partial charge in [0, 0.05) is 23.7 Å². The number of hydrogen-bond donors (Lipinski definition) is 2. The minimum absolute atomic E-state index is 0.223. The van der Waals surface area contributed by atoms with Crippen molar-refractivity contribution in [1.29, 1.82) is 0 Å². The number of nitrogens with one attached hydrogen (secondary N) is 1. The number of aliphatic hydroxyl groups excluding tert-OH is 1. The molecule has 1 fully saturated rings. The molecule has 0 radical (unpaired) electrons. The average Bonchev–Trinajstić information content (AvgIpc) is 2.43. The van der Waals surface area contributed by atoms with Gasteiger partial charge in [-0.25, -0.2) is 4.39 Å². The summed E-state index contributed by atoms with van der Waals surface area (Å²) in [5.74, 6) is 0.672. The van der Waals surface area contributed by atoms with E-state index in [0.29, 0.717) is 29.0 Å². The van der Waals surface area contributed by atoms with Gasteiger partial charge in [-0.05, 0) is 49.4 Å². The number of aliphatic hydroxyl groups is 1. The van der Waals surface area contributed by atoms with Crippen LogP contribution in [0.3, 0.4) is 0 Å². The van der Waals surface area contributed by atoms with Crippen LogP contribution in [0.5, 0.6) is 0 Å². The number of rotatable bonds is 5. The zero-order valence-corrected chi connectivity index (χ0v) is 11.8. The molecule has 4 heteroatoms. The van der Waals surface area contributed by atoms with Gasteiger partial charge in [0.1, 0.15) is 5.82 Å². The summed E-state index contributed by atoms with van der Waals surface area (Å²) in [5, 5.41) is 13.2. The van der Waals surface area contributed by atoms with Crippen LogP contribution < -0.4 is 5.32 Å². The van der Waals surface area contributed by atoms with Crippen LogP contribution >= 0.6 is 11.6 Å². The highest BCUT2D eigenvalue weighted by Crippen LogP contribution is 2.29. The minimum atomic E-state index is -0.223. The van der Waals surface area contributed by atoms with E-state index in [1.807, 2.05) is 0 Å². The maximum Gasteiger partial charge on any atom is 0.127 e. The third-order valence-corrected chi connectivity index (χ3v) is 4.27. The molecule has 0 heterocycles. The van der Waals surface area contributed by atoms with E-state index < -0.39 is 0 Å². The molecule has 1 aromatic carbocycles. The second kappa shape index (κ2) is 7.22. The molecule has 0 aromatic heterocycles. The van der Waals surface area contributed by atoms with Gasteiger partial charge in [-0.2, -0.15) is 0 Å². The normalized spacial score (nSPS) is 23.5. The van der Waals surface area contributed by atoms with Crippen LogP contribution in [0.15, 0.2) is 18.2 Å². The summed E-state index contributed by atoms with van der Waals surface area (Å²) in [6.45, 7) is 1.58. The Morgan fingerprint density at radius 1 is 1.26 bits per heavy atom. The molecule has 1 aliphatic carbocycles. The van der Waals surface area contributed by atoms with Crippen molar-refractivity contribution < 1.29 is 9.50 Å². The summed E-state index contributed by atoms with van der Waals surface area (Å²) in [4.78, 5) is 0. The lowest BCUT2D eigenvalue weighted by Crippen LogP contribution is -2.32. The molecular formula is C15H21ClFNO. The highest BCUT2D eigenvalue weighted by Gasteiger charge is 2.23. The summed E-state index contributed by atoms with van der Waals surface area (Å²) in [7, 11) is 0. The first kappa shape index (κ1) is 14.8. The fourth-order valence-electron chi connectivity index (χ4n) is 2.86. The summed E-state index contributed by atoms with van der Waals surface area (Å²) in [5.41, 5.74) is 0.601. The molecule has 2 atom stereocenters. The first-order chi connectivity index (χ1) is 9.20. The summed E-state index contributed by atoms with van der Waals surface area (Å²) >= 11 is 5.86. The van der Waals surface area contributed by atoms with Crippen molar-refractivity contribution in [2.24, 2.45) is 11.8 Å². The molecule has 1 saturated carbocycles. The molecule has 0 bridgehead atoms. The molecule has 0 aliphatic heterocycles. The monoisotopic (exact) mass is 285 g/mol. The molecule has 0 saturated heterocycles. The van der Waals surface area contributed by atoms with Crippen molar-refractivity contribution in [3.05, 3.63) is 34.6 Å². The van der Waals surface area contributed by atoms with Crippen molar-refractivity contribution >= 4 is 11.6 Å². The van der Waals surface area contributed by atoms with Crippen molar-refractivity contribution in [2.45, 2.75) is 32.2 Å². The fraction of sp³-hybridized carbons (Fsp3) is 0.600. The predicted octanol–water partition coefficient (Wildman–Crippen LogP) is 3.37. The van der Waals surface area contributed by atoms with E-state index in [2.05, 4.69) is 5.32 Å². The summed E-state index contributed by atoms with van der Waals surface area (Å²) < 4.78 is 13.5. The van der Waals surface area contributed by atoms with E-state index in [4.69, 9.17) is 11.6 Å². The first-order valence-corrected chi connectivity index (χ1v) is 7.34. The Balaban J connectivity index is 1.83.